The molecule has 1 aliphatic rings. The highest BCUT2D eigenvalue weighted by molar-refractivity contribution is 4.81. The van der Waals surface area contributed by atoms with E-state index in [0.717, 1.165) is 0 Å². The zero-order chi connectivity index (χ0) is 7.72. The summed E-state index contributed by atoms with van der Waals surface area (Å²) in [5, 5.41) is 0. The molecule has 0 aromatic heterocycles. The predicted octanol–water partition coefficient (Wildman–Crippen LogP) is 2.73. The van der Waals surface area contributed by atoms with E-state index in [1.807, 2.05) is 13.8 Å². The van der Waals surface area contributed by atoms with Crippen LogP contribution in [0, 0.1) is 11.8 Å². The molecule has 1 aliphatic carbocycles. The zero-order valence-corrected chi connectivity index (χ0v) is 6.48. The van der Waals surface area contributed by atoms with E-state index in [0.29, 0.717) is 24.7 Å². The summed E-state index contributed by atoms with van der Waals surface area (Å²) in [7, 11) is 0. The fourth-order valence-corrected chi connectivity index (χ4v) is 1.47. The molecule has 0 radical (unpaired) electrons. The van der Waals surface area contributed by atoms with E-state index in [1.165, 1.54) is 0 Å². The van der Waals surface area contributed by atoms with Crippen LogP contribution in [-0.4, -0.2) is 12.3 Å². The Morgan fingerprint density at radius 2 is 1.20 bits per heavy atom. The lowest BCUT2D eigenvalue weighted by Crippen LogP contribution is -2.31. The van der Waals surface area contributed by atoms with Crippen molar-refractivity contribution in [2.45, 2.75) is 39.0 Å². The smallest absolute Gasteiger partial charge is 0.131 e. The molecule has 0 amide bonds. The minimum Gasteiger partial charge on any atom is -0.244 e. The molecule has 1 rings (SSSR count). The third-order valence-corrected chi connectivity index (χ3v) is 2.56. The Kier molecular flexibility index (Phi) is 2.27. The van der Waals surface area contributed by atoms with Crippen LogP contribution in [0.2, 0.25) is 0 Å². The number of halogens is 2. The van der Waals surface area contributed by atoms with Crippen LogP contribution in [0.25, 0.3) is 0 Å². The quantitative estimate of drug-likeness (QED) is 0.495. The van der Waals surface area contributed by atoms with E-state index in [9.17, 15) is 8.78 Å². The first-order valence-corrected chi connectivity index (χ1v) is 3.89. The second-order valence-electron chi connectivity index (χ2n) is 3.46. The Morgan fingerprint density at radius 1 is 0.900 bits per heavy atom. The van der Waals surface area contributed by atoms with E-state index in [4.69, 9.17) is 0 Å². The summed E-state index contributed by atoms with van der Waals surface area (Å²) in [6.45, 7) is 3.98. The Hall–Kier alpha value is -0.140. The van der Waals surface area contributed by atoms with E-state index < -0.39 is 12.3 Å². The average Bonchev–Trinajstić information content (AvgIpc) is 1.84. The van der Waals surface area contributed by atoms with Crippen LogP contribution in [-0.2, 0) is 0 Å². The molecule has 0 nitrogen and oxygen atoms in total. The van der Waals surface area contributed by atoms with Gasteiger partial charge in [0.05, 0.1) is 0 Å². The van der Waals surface area contributed by atoms with Crippen LogP contribution in [0.15, 0.2) is 0 Å². The second-order valence-corrected chi connectivity index (χ2v) is 3.46. The first kappa shape index (κ1) is 7.96. The monoisotopic (exact) mass is 148 g/mol. The first-order valence-electron chi connectivity index (χ1n) is 3.89. The Balaban J connectivity index is 2.46. The van der Waals surface area contributed by atoms with Crippen molar-refractivity contribution in [2.75, 3.05) is 0 Å². The van der Waals surface area contributed by atoms with Gasteiger partial charge in [-0.05, 0) is 24.7 Å². The topological polar surface area (TPSA) is 0 Å². The molecule has 4 unspecified atom stereocenters. The van der Waals surface area contributed by atoms with E-state index >= 15 is 0 Å². The molecule has 0 spiro atoms. The third-order valence-electron chi connectivity index (χ3n) is 2.56. The van der Waals surface area contributed by atoms with Gasteiger partial charge in [0.2, 0.25) is 0 Å². The Bertz CT molecular complexity index is 87.8. The van der Waals surface area contributed by atoms with Gasteiger partial charge in [-0.25, -0.2) is 8.78 Å². The fourth-order valence-electron chi connectivity index (χ4n) is 1.47. The van der Waals surface area contributed by atoms with Crippen molar-refractivity contribution < 1.29 is 8.78 Å². The number of hydrogen-bond acceptors (Lipinski definition) is 0. The summed E-state index contributed by atoms with van der Waals surface area (Å²) in [6.07, 6.45) is -1.60. The SMILES string of the molecule is CC1CC(F)C(F)CC1C. The predicted molar refractivity (Wildman–Crippen MR) is 37.4 cm³/mol. The Labute approximate surface area is 60.6 Å². The van der Waals surface area contributed by atoms with Crippen LogP contribution in [0.1, 0.15) is 26.7 Å². The van der Waals surface area contributed by atoms with Gasteiger partial charge in [-0.2, -0.15) is 0 Å². The summed E-state index contributed by atoms with van der Waals surface area (Å²) in [5.74, 6) is 0.698. The molecule has 1 saturated carbocycles. The number of rotatable bonds is 0. The van der Waals surface area contributed by atoms with Crippen molar-refractivity contribution in [2.24, 2.45) is 11.8 Å². The molecule has 1 fully saturated rings. The van der Waals surface area contributed by atoms with Crippen LogP contribution in [0.4, 0.5) is 8.78 Å². The van der Waals surface area contributed by atoms with Crippen molar-refractivity contribution >= 4 is 0 Å². The van der Waals surface area contributed by atoms with Crippen molar-refractivity contribution in [3.63, 3.8) is 0 Å². The van der Waals surface area contributed by atoms with Crippen LogP contribution in [0.3, 0.4) is 0 Å². The van der Waals surface area contributed by atoms with Gasteiger partial charge in [-0.15, -0.1) is 0 Å². The summed E-state index contributed by atoms with van der Waals surface area (Å²) in [5.41, 5.74) is 0. The van der Waals surface area contributed by atoms with Crippen LogP contribution in [0.5, 0.6) is 0 Å². The van der Waals surface area contributed by atoms with E-state index in [1.54, 1.807) is 0 Å². The van der Waals surface area contributed by atoms with Crippen molar-refractivity contribution in [3.8, 4) is 0 Å². The van der Waals surface area contributed by atoms with E-state index in [-0.39, 0.29) is 0 Å². The minimum absolute atomic E-state index is 0.349. The van der Waals surface area contributed by atoms with Gasteiger partial charge in [0, 0.05) is 0 Å². The fraction of sp³-hybridized carbons (Fsp3) is 1.00. The van der Waals surface area contributed by atoms with Gasteiger partial charge < -0.3 is 0 Å². The first-order chi connectivity index (χ1) is 4.61. The average molecular weight is 148 g/mol. The molecule has 10 heavy (non-hydrogen) atoms. The summed E-state index contributed by atoms with van der Waals surface area (Å²) < 4.78 is 25.3. The summed E-state index contributed by atoms with van der Waals surface area (Å²) in [4.78, 5) is 0. The van der Waals surface area contributed by atoms with Gasteiger partial charge in [0.15, 0.2) is 0 Å². The molecule has 4 atom stereocenters. The summed E-state index contributed by atoms with van der Waals surface area (Å²) >= 11 is 0. The van der Waals surface area contributed by atoms with Gasteiger partial charge >= 0.3 is 0 Å². The van der Waals surface area contributed by atoms with Crippen molar-refractivity contribution in [1.29, 1.82) is 0 Å². The maximum absolute atomic E-state index is 12.6. The minimum atomic E-state index is -1.20. The normalized spacial score (nSPS) is 49.2. The molecular formula is C8H14F2. The molecule has 0 N–H and O–H groups in total. The number of hydrogen-bond donors (Lipinski definition) is 0. The molecule has 0 heterocycles. The van der Waals surface area contributed by atoms with E-state index in [2.05, 4.69) is 0 Å². The van der Waals surface area contributed by atoms with Crippen molar-refractivity contribution in [1.82, 2.24) is 0 Å². The largest absolute Gasteiger partial charge is 0.244 e. The highest BCUT2D eigenvalue weighted by Gasteiger charge is 2.32. The van der Waals surface area contributed by atoms with Crippen LogP contribution < -0.4 is 0 Å². The lowest BCUT2D eigenvalue weighted by Gasteiger charge is -2.30. The molecule has 0 aromatic rings. The molecule has 2 heteroatoms. The molecule has 0 aromatic carbocycles. The second kappa shape index (κ2) is 2.85. The van der Waals surface area contributed by atoms with Crippen LogP contribution >= 0.6 is 0 Å². The molecule has 0 aliphatic heterocycles. The van der Waals surface area contributed by atoms with Crippen molar-refractivity contribution in [3.05, 3.63) is 0 Å². The zero-order valence-electron chi connectivity index (χ0n) is 6.48. The standard InChI is InChI=1S/C8H14F2/c1-5-3-7(9)8(10)4-6(5)2/h5-8H,3-4H2,1-2H3. The molecule has 60 valence electrons. The maximum Gasteiger partial charge on any atom is 0.131 e. The van der Waals surface area contributed by atoms with Gasteiger partial charge in [0.25, 0.3) is 0 Å². The summed E-state index contributed by atoms with van der Waals surface area (Å²) in [6, 6.07) is 0. The highest BCUT2D eigenvalue weighted by Crippen LogP contribution is 2.32. The molecule has 0 bridgehead atoms. The maximum atomic E-state index is 12.6. The number of alkyl halides is 2. The molecule has 0 saturated heterocycles. The lowest BCUT2D eigenvalue weighted by atomic mass is 9.80. The lowest BCUT2D eigenvalue weighted by molar-refractivity contribution is 0.0628. The molecular weight excluding hydrogens is 134 g/mol. The Morgan fingerprint density at radius 3 is 1.50 bits per heavy atom. The highest BCUT2D eigenvalue weighted by atomic mass is 19.2. The van der Waals surface area contributed by atoms with Gasteiger partial charge in [-0.3, -0.25) is 0 Å². The van der Waals surface area contributed by atoms with Gasteiger partial charge in [-0.1, -0.05) is 13.8 Å². The third kappa shape index (κ3) is 1.47. The van der Waals surface area contributed by atoms with Gasteiger partial charge in [0.1, 0.15) is 12.3 Å².